The smallest absolute Gasteiger partial charge is 0.227 e. The molecule has 0 bridgehead atoms. The minimum atomic E-state index is -0.587. The molecule has 1 aromatic rings. The maximum atomic E-state index is 13.0. The predicted molar refractivity (Wildman–Crippen MR) is 73.3 cm³/mol. The average Bonchev–Trinajstić information content (AvgIpc) is 2.87. The number of hydrogen-bond acceptors (Lipinski definition) is 2. The Morgan fingerprint density at radius 3 is 2.60 bits per heavy atom. The molecule has 1 heterocycles. The Balaban J connectivity index is 1.87. The van der Waals surface area contributed by atoms with E-state index in [0.29, 0.717) is 25.1 Å². The third-order valence-corrected chi connectivity index (χ3v) is 4.02. The highest BCUT2D eigenvalue weighted by Gasteiger charge is 2.38. The van der Waals surface area contributed by atoms with Gasteiger partial charge in [-0.2, -0.15) is 0 Å². The zero-order chi connectivity index (χ0) is 14.6. The van der Waals surface area contributed by atoms with Gasteiger partial charge < -0.3 is 10.6 Å². The van der Waals surface area contributed by atoms with Gasteiger partial charge in [0.2, 0.25) is 5.91 Å². The molecule has 1 amide bonds. The van der Waals surface area contributed by atoms with Gasteiger partial charge in [-0.15, -0.1) is 0 Å². The quantitative estimate of drug-likeness (QED) is 0.867. The molecule has 1 aliphatic heterocycles. The van der Waals surface area contributed by atoms with Gasteiger partial charge in [0.15, 0.2) is 0 Å². The average molecular weight is 282 g/mol. The molecule has 20 heavy (non-hydrogen) atoms. The van der Waals surface area contributed by atoms with Crippen LogP contribution in [0.25, 0.3) is 0 Å². The first-order valence-corrected chi connectivity index (χ1v) is 7.00. The number of rotatable bonds is 5. The topological polar surface area (TPSA) is 41.1 Å². The summed E-state index contributed by atoms with van der Waals surface area (Å²) in [6.45, 7) is 3.96. The van der Waals surface area contributed by atoms with Crippen molar-refractivity contribution in [1.82, 2.24) is 10.6 Å². The largest absolute Gasteiger partial charge is 0.355 e. The number of amides is 1. The first kappa shape index (κ1) is 14.9. The van der Waals surface area contributed by atoms with Gasteiger partial charge in [-0.1, -0.05) is 6.92 Å². The van der Waals surface area contributed by atoms with E-state index in [2.05, 4.69) is 10.6 Å². The normalized spacial score (nSPS) is 21.9. The van der Waals surface area contributed by atoms with Gasteiger partial charge in [-0.25, -0.2) is 8.78 Å². The van der Waals surface area contributed by atoms with E-state index in [4.69, 9.17) is 0 Å². The molecule has 2 rings (SSSR count). The fourth-order valence-corrected chi connectivity index (χ4v) is 2.66. The van der Waals surface area contributed by atoms with Crippen molar-refractivity contribution in [1.29, 1.82) is 0 Å². The van der Waals surface area contributed by atoms with Crippen LogP contribution < -0.4 is 10.6 Å². The molecule has 0 saturated carbocycles. The van der Waals surface area contributed by atoms with Crippen LogP contribution >= 0.6 is 0 Å². The van der Waals surface area contributed by atoms with E-state index < -0.39 is 11.6 Å². The molecular formula is C15H20F2N2O. The van der Waals surface area contributed by atoms with Crippen molar-refractivity contribution in [3.05, 3.63) is 35.4 Å². The van der Waals surface area contributed by atoms with Crippen LogP contribution in [0.5, 0.6) is 0 Å². The van der Waals surface area contributed by atoms with Crippen LogP contribution in [0, 0.1) is 17.0 Å². The molecule has 1 unspecified atom stereocenters. The van der Waals surface area contributed by atoms with Crippen LogP contribution in [0.15, 0.2) is 18.2 Å². The van der Waals surface area contributed by atoms with E-state index in [1.807, 2.05) is 6.92 Å². The fourth-order valence-electron chi connectivity index (χ4n) is 2.66. The number of benzene rings is 1. The van der Waals surface area contributed by atoms with Crippen LogP contribution in [-0.4, -0.2) is 25.5 Å². The highest BCUT2D eigenvalue weighted by molar-refractivity contribution is 5.83. The van der Waals surface area contributed by atoms with Crippen molar-refractivity contribution in [2.75, 3.05) is 19.6 Å². The van der Waals surface area contributed by atoms with Crippen LogP contribution in [-0.2, 0) is 11.2 Å². The van der Waals surface area contributed by atoms with Gasteiger partial charge in [0.25, 0.3) is 0 Å². The molecule has 110 valence electrons. The van der Waals surface area contributed by atoms with Crippen molar-refractivity contribution in [3.8, 4) is 0 Å². The molecule has 0 aromatic heterocycles. The third kappa shape index (κ3) is 3.33. The predicted octanol–water partition coefficient (Wildman–Crippen LogP) is 2.01. The van der Waals surface area contributed by atoms with Gasteiger partial charge in [0.1, 0.15) is 11.6 Å². The Morgan fingerprint density at radius 1 is 1.35 bits per heavy atom. The molecular weight excluding hydrogens is 262 g/mol. The highest BCUT2D eigenvalue weighted by Crippen LogP contribution is 2.29. The van der Waals surface area contributed by atoms with E-state index in [-0.39, 0.29) is 11.3 Å². The Morgan fingerprint density at radius 2 is 2.05 bits per heavy atom. The minimum absolute atomic E-state index is 0.0295. The molecule has 0 spiro atoms. The van der Waals surface area contributed by atoms with Gasteiger partial charge in [0.05, 0.1) is 5.41 Å². The van der Waals surface area contributed by atoms with Crippen LogP contribution in [0.3, 0.4) is 0 Å². The molecule has 0 aliphatic carbocycles. The van der Waals surface area contributed by atoms with Crippen LogP contribution in [0.1, 0.15) is 25.3 Å². The van der Waals surface area contributed by atoms with Gasteiger partial charge >= 0.3 is 0 Å². The summed E-state index contributed by atoms with van der Waals surface area (Å²) < 4.78 is 26.1. The monoisotopic (exact) mass is 282 g/mol. The maximum absolute atomic E-state index is 13.0. The lowest BCUT2D eigenvalue weighted by atomic mass is 9.83. The van der Waals surface area contributed by atoms with Gasteiger partial charge in [-0.3, -0.25) is 4.79 Å². The van der Waals surface area contributed by atoms with Crippen molar-refractivity contribution >= 4 is 5.91 Å². The molecule has 1 fully saturated rings. The summed E-state index contributed by atoms with van der Waals surface area (Å²) in [5.74, 6) is -1.14. The number of hydrogen-bond donors (Lipinski definition) is 2. The summed E-state index contributed by atoms with van der Waals surface area (Å²) >= 11 is 0. The Kier molecular flexibility index (Phi) is 4.70. The molecule has 3 nitrogen and oxygen atoms in total. The summed E-state index contributed by atoms with van der Waals surface area (Å²) in [7, 11) is 0. The third-order valence-electron chi connectivity index (χ3n) is 4.02. The fraction of sp³-hybridized carbons (Fsp3) is 0.533. The zero-order valence-corrected chi connectivity index (χ0v) is 11.6. The maximum Gasteiger partial charge on any atom is 0.227 e. The van der Waals surface area contributed by atoms with Crippen LogP contribution in [0.4, 0.5) is 8.78 Å². The van der Waals surface area contributed by atoms with E-state index in [1.54, 1.807) is 0 Å². The summed E-state index contributed by atoms with van der Waals surface area (Å²) in [5, 5.41) is 6.09. The molecule has 1 saturated heterocycles. The second-order valence-corrected chi connectivity index (χ2v) is 5.34. The summed E-state index contributed by atoms with van der Waals surface area (Å²) in [5.41, 5.74) is 0.227. The summed E-state index contributed by atoms with van der Waals surface area (Å²) in [6.07, 6.45) is 2.05. The number of carbonyl (C=O) groups is 1. The minimum Gasteiger partial charge on any atom is -0.355 e. The first-order chi connectivity index (χ1) is 9.55. The summed E-state index contributed by atoms with van der Waals surface area (Å²) in [4.78, 5) is 12.2. The molecule has 1 aliphatic rings. The van der Waals surface area contributed by atoms with E-state index in [1.165, 1.54) is 12.1 Å². The van der Waals surface area contributed by atoms with Crippen molar-refractivity contribution in [3.63, 3.8) is 0 Å². The second kappa shape index (κ2) is 6.31. The van der Waals surface area contributed by atoms with Crippen molar-refractivity contribution < 1.29 is 13.6 Å². The van der Waals surface area contributed by atoms with E-state index in [9.17, 15) is 13.6 Å². The Labute approximate surface area is 117 Å². The lowest BCUT2D eigenvalue weighted by Crippen LogP contribution is -2.42. The number of halogens is 2. The standard InChI is InChI=1S/C15H20F2N2O/c1-2-15(4-6-18-10-15)14(20)19-5-3-11-7-12(16)9-13(17)8-11/h7-9,18H,2-6,10H2,1H3,(H,19,20). The molecule has 5 heteroatoms. The van der Waals surface area contributed by atoms with Crippen molar-refractivity contribution in [2.24, 2.45) is 5.41 Å². The number of carbonyl (C=O) groups excluding carboxylic acids is 1. The highest BCUT2D eigenvalue weighted by atomic mass is 19.1. The van der Waals surface area contributed by atoms with Gasteiger partial charge in [-0.05, 0) is 43.5 Å². The lowest BCUT2D eigenvalue weighted by Gasteiger charge is -2.25. The Hall–Kier alpha value is -1.49. The molecule has 1 atom stereocenters. The number of nitrogens with one attached hydrogen (secondary N) is 2. The first-order valence-electron chi connectivity index (χ1n) is 7.00. The molecule has 0 radical (unpaired) electrons. The van der Waals surface area contributed by atoms with Crippen molar-refractivity contribution in [2.45, 2.75) is 26.2 Å². The SMILES string of the molecule is CCC1(C(=O)NCCc2cc(F)cc(F)c2)CCNC1. The second-order valence-electron chi connectivity index (χ2n) is 5.34. The molecule has 2 N–H and O–H groups in total. The van der Waals surface area contributed by atoms with Crippen LogP contribution in [0.2, 0.25) is 0 Å². The molecule has 1 aromatic carbocycles. The van der Waals surface area contributed by atoms with E-state index in [0.717, 1.165) is 25.5 Å². The lowest BCUT2D eigenvalue weighted by molar-refractivity contribution is -0.130. The zero-order valence-electron chi connectivity index (χ0n) is 11.6. The summed E-state index contributed by atoms with van der Waals surface area (Å²) in [6, 6.07) is 3.43. The Bertz CT molecular complexity index is 465. The van der Waals surface area contributed by atoms with E-state index >= 15 is 0 Å². The van der Waals surface area contributed by atoms with Gasteiger partial charge in [0, 0.05) is 19.2 Å².